The van der Waals surface area contributed by atoms with Crippen LogP contribution in [0.5, 0.6) is 0 Å². The van der Waals surface area contributed by atoms with E-state index in [4.69, 9.17) is 0 Å². The minimum Gasteiger partial charge on any atom is -0.360 e. The number of benzene rings is 1. The number of nitrogens with zero attached hydrogens (tertiary/aromatic N) is 3. The number of nitrogens with one attached hydrogen (secondary N) is 3. The average Bonchev–Trinajstić information content (AvgIpc) is 2.98. The van der Waals surface area contributed by atoms with Crippen LogP contribution in [0.1, 0.15) is 0 Å². The Morgan fingerprint density at radius 2 is 0.667 bits per heavy atom. The summed E-state index contributed by atoms with van der Waals surface area (Å²) in [6.07, 6.45) is 14.4. The van der Waals surface area contributed by atoms with E-state index in [1.165, 1.54) is 0 Å². The van der Waals surface area contributed by atoms with Crippen molar-refractivity contribution >= 4 is 32.7 Å². The Morgan fingerprint density at radius 1 is 0.410 bits per heavy atom. The van der Waals surface area contributed by atoms with Crippen LogP contribution in [0.15, 0.2) is 107 Å². The van der Waals surface area contributed by atoms with Gasteiger partial charge in [-0.25, -0.2) is 0 Å². The van der Waals surface area contributed by atoms with Gasteiger partial charge in [-0.15, -0.1) is 0 Å². The van der Waals surface area contributed by atoms with E-state index < -0.39 is 0 Å². The number of aromatic amines is 3. The molecule has 1 aromatic carbocycles. The fourth-order valence-electron chi connectivity index (χ4n) is 5.14. The Labute approximate surface area is 218 Å². The SMILES string of the molecule is O=c1c(-c2ccncc2)c[nH]c2c1c1[nH]cc(-c3ccncc3)c(=O)c1c1[nH]cc(-c3ccncc3)c(=O)c21. The van der Waals surface area contributed by atoms with Gasteiger partial charge in [0.2, 0.25) is 0 Å². The van der Waals surface area contributed by atoms with Crippen LogP contribution in [0.25, 0.3) is 66.1 Å². The molecular weight excluding hydrogens is 492 g/mol. The molecule has 186 valence electrons. The summed E-state index contributed by atoms with van der Waals surface area (Å²) in [6, 6.07) is 10.4. The molecule has 0 unspecified atom stereocenters. The number of fused-ring (bicyclic) bond motifs is 6. The Morgan fingerprint density at radius 3 is 0.923 bits per heavy atom. The maximum Gasteiger partial charge on any atom is 0.199 e. The van der Waals surface area contributed by atoms with E-state index in [1.54, 1.807) is 92.2 Å². The van der Waals surface area contributed by atoms with Crippen molar-refractivity contribution in [3.8, 4) is 33.4 Å². The molecule has 0 bridgehead atoms. The zero-order chi connectivity index (χ0) is 26.5. The zero-order valence-electron chi connectivity index (χ0n) is 20.2. The van der Waals surface area contributed by atoms with Crippen molar-refractivity contribution in [2.24, 2.45) is 0 Å². The van der Waals surface area contributed by atoms with E-state index in [2.05, 4.69) is 29.9 Å². The van der Waals surface area contributed by atoms with Gasteiger partial charge in [0.05, 0.1) is 32.7 Å². The van der Waals surface area contributed by atoms with Crippen LogP contribution in [0.3, 0.4) is 0 Å². The molecule has 0 atom stereocenters. The van der Waals surface area contributed by atoms with E-state index >= 15 is 0 Å². The summed E-state index contributed by atoms with van der Waals surface area (Å²) in [5.41, 5.74) is 3.24. The van der Waals surface area contributed by atoms with Crippen LogP contribution in [0, 0.1) is 0 Å². The summed E-state index contributed by atoms with van der Waals surface area (Å²) < 4.78 is 0. The van der Waals surface area contributed by atoms with Gasteiger partial charge in [-0.05, 0) is 53.1 Å². The topological polar surface area (TPSA) is 137 Å². The lowest BCUT2D eigenvalue weighted by atomic mass is 9.96. The quantitative estimate of drug-likeness (QED) is 0.301. The summed E-state index contributed by atoms with van der Waals surface area (Å²) in [5, 5.41) is 0.674. The van der Waals surface area contributed by atoms with Crippen molar-refractivity contribution in [1.82, 2.24) is 29.9 Å². The Kier molecular flexibility index (Phi) is 5.02. The molecule has 3 N–H and O–H groups in total. The van der Waals surface area contributed by atoms with Crippen LogP contribution < -0.4 is 16.3 Å². The Hall–Kier alpha value is -5.70. The highest BCUT2D eigenvalue weighted by Crippen LogP contribution is 2.31. The highest BCUT2D eigenvalue weighted by atomic mass is 16.1. The Balaban J connectivity index is 1.70. The fraction of sp³-hybridized carbons (Fsp3) is 0. The van der Waals surface area contributed by atoms with Crippen LogP contribution in [-0.2, 0) is 0 Å². The fourth-order valence-corrected chi connectivity index (χ4v) is 5.14. The second kappa shape index (κ2) is 8.70. The minimum atomic E-state index is -0.317. The molecular formula is C30H18N6O3. The molecule has 6 aromatic heterocycles. The van der Waals surface area contributed by atoms with Gasteiger partial charge < -0.3 is 15.0 Å². The third kappa shape index (κ3) is 3.41. The lowest BCUT2D eigenvalue weighted by Gasteiger charge is -2.13. The molecule has 0 spiro atoms. The van der Waals surface area contributed by atoms with E-state index in [-0.39, 0.29) is 32.4 Å². The average molecular weight is 511 g/mol. The summed E-state index contributed by atoms with van der Waals surface area (Å²) >= 11 is 0. The van der Waals surface area contributed by atoms with Crippen LogP contribution in [0.4, 0.5) is 0 Å². The minimum absolute atomic E-state index is 0.225. The molecule has 0 radical (unpaired) electrons. The lowest BCUT2D eigenvalue weighted by Crippen LogP contribution is -2.16. The predicted molar refractivity (Wildman–Crippen MR) is 151 cm³/mol. The molecule has 9 nitrogen and oxygen atoms in total. The molecule has 0 amide bonds. The molecule has 0 fully saturated rings. The first kappa shape index (κ1) is 22.5. The maximum absolute atomic E-state index is 14.0. The summed E-state index contributed by atoms with van der Waals surface area (Å²) in [5.74, 6) is 0. The van der Waals surface area contributed by atoms with E-state index in [9.17, 15) is 14.4 Å². The predicted octanol–water partition coefficient (Wildman–Crippen LogP) is 4.40. The molecule has 39 heavy (non-hydrogen) atoms. The molecule has 0 saturated carbocycles. The van der Waals surface area contributed by atoms with E-state index in [0.29, 0.717) is 49.9 Å². The standard InChI is InChI=1S/C30H18N6O3/c37-28-19(16-1-7-31-8-2-16)13-34-25-22(28)26-24(30(39)20(14-35-26)17-3-9-32-10-4-17)27-23(25)29(38)21(15-36-27)18-5-11-33-12-6-18/h1-15H,(H,34,37)(H,35,39)(H,36,38). The first-order valence-corrected chi connectivity index (χ1v) is 12.1. The number of H-pyrrole nitrogens is 3. The van der Waals surface area contributed by atoms with Crippen molar-refractivity contribution < 1.29 is 0 Å². The highest BCUT2D eigenvalue weighted by molar-refractivity contribution is 6.22. The van der Waals surface area contributed by atoms with Crippen molar-refractivity contribution in [3.05, 3.63) is 123 Å². The molecule has 0 aliphatic heterocycles. The number of hydrogen-bond acceptors (Lipinski definition) is 6. The first-order valence-electron chi connectivity index (χ1n) is 12.1. The smallest absolute Gasteiger partial charge is 0.199 e. The van der Waals surface area contributed by atoms with Crippen molar-refractivity contribution in [2.75, 3.05) is 0 Å². The highest BCUT2D eigenvalue weighted by Gasteiger charge is 2.22. The van der Waals surface area contributed by atoms with Gasteiger partial charge in [-0.3, -0.25) is 29.3 Å². The van der Waals surface area contributed by atoms with Gasteiger partial charge in [0, 0.05) is 72.5 Å². The second-order valence-corrected chi connectivity index (χ2v) is 9.05. The monoisotopic (exact) mass is 510 g/mol. The molecule has 0 aliphatic carbocycles. The third-order valence-electron chi connectivity index (χ3n) is 6.97. The first-order chi connectivity index (χ1) is 19.1. The normalized spacial score (nSPS) is 11.4. The van der Waals surface area contributed by atoms with Gasteiger partial charge in [0.15, 0.2) is 16.3 Å². The second-order valence-electron chi connectivity index (χ2n) is 9.05. The number of rotatable bonds is 3. The van der Waals surface area contributed by atoms with Crippen LogP contribution in [-0.4, -0.2) is 29.9 Å². The number of aromatic nitrogens is 6. The lowest BCUT2D eigenvalue weighted by molar-refractivity contribution is 1.31. The Bertz CT molecular complexity index is 1940. The number of hydrogen-bond donors (Lipinski definition) is 3. The largest absolute Gasteiger partial charge is 0.360 e. The number of pyridine rings is 6. The van der Waals surface area contributed by atoms with E-state index in [0.717, 1.165) is 0 Å². The van der Waals surface area contributed by atoms with Crippen LogP contribution >= 0.6 is 0 Å². The van der Waals surface area contributed by atoms with Crippen molar-refractivity contribution in [3.63, 3.8) is 0 Å². The van der Waals surface area contributed by atoms with Gasteiger partial charge in [-0.2, -0.15) is 0 Å². The van der Waals surface area contributed by atoms with E-state index in [1.807, 2.05) is 0 Å². The molecule has 0 saturated heterocycles. The molecule has 7 aromatic rings. The molecule has 0 aliphatic rings. The van der Waals surface area contributed by atoms with Gasteiger partial charge in [0.25, 0.3) is 0 Å². The third-order valence-corrected chi connectivity index (χ3v) is 6.97. The summed E-state index contributed by atoms with van der Waals surface area (Å²) in [6.45, 7) is 0. The van der Waals surface area contributed by atoms with Crippen molar-refractivity contribution in [1.29, 1.82) is 0 Å². The van der Waals surface area contributed by atoms with Gasteiger partial charge in [0.1, 0.15) is 0 Å². The molecule has 9 heteroatoms. The molecule has 6 heterocycles. The van der Waals surface area contributed by atoms with Crippen molar-refractivity contribution in [2.45, 2.75) is 0 Å². The van der Waals surface area contributed by atoms with Gasteiger partial charge >= 0.3 is 0 Å². The maximum atomic E-state index is 14.0. The van der Waals surface area contributed by atoms with Crippen LogP contribution in [0.2, 0.25) is 0 Å². The summed E-state index contributed by atoms with van der Waals surface area (Å²) in [4.78, 5) is 63.8. The summed E-state index contributed by atoms with van der Waals surface area (Å²) in [7, 11) is 0. The zero-order valence-corrected chi connectivity index (χ0v) is 20.2. The molecule has 7 rings (SSSR count). The van der Waals surface area contributed by atoms with Gasteiger partial charge in [-0.1, -0.05) is 0 Å².